The van der Waals surface area contributed by atoms with Crippen LogP contribution in [0.4, 0.5) is 0 Å². The monoisotopic (exact) mass is 381 g/mol. The summed E-state index contributed by atoms with van der Waals surface area (Å²) in [5.41, 5.74) is 4.83. The van der Waals surface area contributed by atoms with Crippen LogP contribution in [-0.4, -0.2) is 27.8 Å². The minimum atomic E-state index is 0.387. The van der Waals surface area contributed by atoms with E-state index in [2.05, 4.69) is 11.1 Å². The molecule has 2 heterocycles. The van der Waals surface area contributed by atoms with Gasteiger partial charge < -0.3 is 0 Å². The van der Waals surface area contributed by atoms with E-state index in [4.69, 9.17) is 16.6 Å². The second-order valence-electron chi connectivity index (χ2n) is 5.98. The lowest BCUT2D eigenvalue weighted by atomic mass is 10.00. The molecule has 0 fully saturated rings. The average molecular weight is 382 g/mol. The molecule has 130 valence electrons. The van der Waals surface area contributed by atoms with E-state index in [1.807, 2.05) is 54.1 Å². The summed E-state index contributed by atoms with van der Waals surface area (Å²) < 4.78 is 1.91. The third-order valence-corrected chi connectivity index (χ3v) is 5.54. The highest BCUT2D eigenvalue weighted by Gasteiger charge is 2.24. The number of hydrogen-bond donors (Lipinski definition) is 0. The third-order valence-electron chi connectivity index (χ3n) is 4.49. The summed E-state index contributed by atoms with van der Waals surface area (Å²) in [6, 6.07) is 13.9. The Morgan fingerprint density at radius 3 is 2.73 bits per heavy atom. The van der Waals surface area contributed by atoms with E-state index < -0.39 is 0 Å². The van der Waals surface area contributed by atoms with Gasteiger partial charge in [0.1, 0.15) is 11.5 Å². The first-order chi connectivity index (χ1) is 12.6. The molecule has 0 atom stereocenters. The van der Waals surface area contributed by atoms with Crippen LogP contribution in [0.1, 0.15) is 33.1 Å². The molecule has 0 bridgehead atoms. The minimum Gasteiger partial charge on any atom is -0.296 e. The summed E-state index contributed by atoms with van der Waals surface area (Å²) in [6.07, 6.45) is 2.90. The van der Waals surface area contributed by atoms with Gasteiger partial charge >= 0.3 is 0 Å². The second-order valence-corrected chi connectivity index (χ2v) is 7.27. The normalized spacial score (nSPS) is 12.8. The third kappa shape index (κ3) is 2.68. The Kier molecular flexibility index (Phi) is 4.42. The Labute approximate surface area is 160 Å². The Balaban J connectivity index is 2.04. The first-order valence-corrected chi connectivity index (χ1v) is 9.76. The lowest BCUT2D eigenvalue weighted by Gasteiger charge is -2.15. The van der Waals surface area contributed by atoms with Crippen LogP contribution in [0, 0.1) is 6.92 Å². The van der Waals surface area contributed by atoms with Gasteiger partial charge in [0.15, 0.2) is 6.29 Å². The van der Waals surface area contributed by atoms with Crippen LogP contribution in [-0.2, 0) is 6.54 Å². The van der Waals surface area contributed by atoms with E-state index in [0.717, 1.165) is 39.5 Å². The van der Waals surface area contributed by atoms with E-state index in [9.17, 15) is 4.79 Å². The molecule has 4 nitrogen and oxygen atoms in total. The van der Waals surface area contributed by atoms with Crippen LogP contribution in [0.15, 0.2) is 52.4 Å². The number of fused-ring (bicyclic) bond motifs is 3. The number of halogens is 1. The predicted molar refractivity (Wildman–Crippen MR) is 106 cm³/mol. The molecule has 0 radical (unpaired) electrons. The molecular weight excluding hydrogens is 366 g/mol. The summed E-state index contributed by atoms with van der Waals surface area (Å²) in [5.74, 6) is 0.754. The van der Waals surface area contributed by atoms with Gasteiger partial charge in [-0.1, -0.05) is 29.8 Å². The highest BCUT2D eigenvalue weighted by molar-refractivity contribution is 7.98. The number of hydrogen-bond acceptors (Lipinski definition) is 4. The fraction of sp³-hybridized carbons (Fsp3) is 0.150. The molecule has 0 unspecified atom stereocenters. The molecule has 0 saturated carbocycles. The number of aromatic nitrogens is 2. The molecule has 0 N–H and O–H groups in total. The van der Waals surface area contributed by atoms with Gasteiger partial charge in [0.2, 0.25) is 0 Å². The number of carbonyl (C=O) groups is 1. The van der Waals surface area contributed by atoms with Crippen LogP contribution >= 0.6 is 23.4 Å². The Hall–Kier alpha value is -2.37. The van der Waals surface area contributed by atoms with Gasteiger partial charge in [-0.15, -0.1) is 11.8 Å². The standard InChI is InChI=1S/C20H16ClN3OS/c1-12-18(11-25)24-17-8-7-13(26-2)9-15(17)20(22-10-19(24)23-12)14-5-3-4-6-16(14)21/h3-9,11H,10H2,1-2H3. The Morgan fingerprint density at radius 1 is 1.19 bits per heavy atom. The van der Waals surface area contributed by atoms with Gasteiger partial charge in [-0.3, -0.25) is 14.4 Å². The smallest absolute Gasteiger partial charge is 0.168 e. The first-order valence-electron chi connectivity index (χ1n) is 8.15. The Morgan fingerprint density at radius 2 is 2.00 bits per heavy atom. The fourth-order valence-corrected chi connectivity index (χ4v) is 3.92. The maximum absolute atomic E-state index is 11.7. The number of aldehydes is 1. The van der Waals surface area contributed by atoms with Crippen LogP contribution in [0.5, 0.6) is 0 Å². The summed E-state index contributed by atoms with van der Waals surface area (Å²) >= 11 is 8.12. The van der Waals surface area contributed by atoms with E-state index in [0.29, 0.717) is 23.0 Å². The molecule has 26 heavy (non-hydrogen) atoms. The van der Waals surface area contributed by atoms with Gasteiger partial charge in [0.05, 0.1) is 23.6 Å². The summed E-state index contributed by atoms with van der Waals surface area (Å²) in [5, 5.41) is 0.651. The van der Waals surface area contributed by atoms with Crippen LogP contribution in [0.2, 0.25) is 5.02 Å². The number of nitrogens with zero attached hydrogens (tertiary/aromatic N) is 3. The number of aryl methyl sites for hydroxylation is 1. The van der Waals surface area contributed by atoms with Crippen molar-refractivity contribution in [2.24, 2.45) is 4.99 Å². The molecular formula is C20H16ClN3OS. The molecule has 0 aliphatic carbocycles. The fourth-order valence-electron chi connectivity index (χ4n) is 3.26. The number of thioether (sulfide) groups is 1. The zero-order chi connectivity index (χ0) is 18.3. The van der Waals surface area contributed by atoms with Crippen LogP contribution in [0.25, 0.3) is 5.69 Å². The van der Waals surface area contributed by atoms with Crippen molar-refractivity contribution in [2.75, 3.05) is 6.26 Å². The van der Waals surface area contributed by atoms with E-state index >= 15 is 0 Å². The van der Waals surface area contributed by atoms with Gasteiger partial charge in [0.25, 0.3) is 0 Å². The van der Waals surface area contributed by atoms with Gasteiger partial charge in [-0.05, 0) is 37.4 Å². The van der Waals surface area contributed by atoms with Crippen molar-refractivity contribution < 1.29 is 4.79 Å². The molecule has 2 aromatic carbocycles. The average Bonchev–Trinajstić information content (AvgIpc) is 2.89. The van der Waals surface area contributed by atoms with Crippen molar-refractivity contribution in [3.8, 4) is 5.69 Å². The van der Waals surface area contributed by atoms with Crippen LogP contribution < -0.4 is 0 Å². The summed E-state index contributed by atoms with van der Waals surface area (Å²) in [7, 11) is 0. The lowest BCUT2D eigenvalue weighted by Crippen LogP contribution is -2.10. The first kappa shape index (κ1) is 17.1. The summed E-state index contributed by atoms with van der Waals surface area (Å²) in [4.78, 5) is 22.2. The van der Waals surface area contributed by atoms with E-state index in [1.54, 1.807) is 11.8 Å². The second kappa shape index (κ2) is 6.74. The minimum absolute atomic E-state index is 0.387. The maximum atomic E-state index is 11.7. The number of benzene rings is 2. The van der Waals surface area contributed by atoms with E-state index in [1.165, 1.54) is 0 Å². The van der Waals surface area contributed by atoms with Gasteiger partial charge in [0, 0.05) is 21.0 Å². The van der Waals surface area contributed by atoms with Crippen molar-refractivity contribution in [3.05, 3.63) is 75.8 Å². The van der Waals surface area contributed by atoms with Crippen molar-refractivity contribution in [1.82, 2.24) is 9.55 Å². The number of aliphatic imine (C=N–C) groups is 1. The highest BCUT2D eigenvalue weighted by Crippen LogP contribution is 2.32. The summed E-state index contributed by atoms with van der Waals surface area (Å²) in [6.45, 7) is 2.23. The molecule has 4 rings (SSSR count). The van der Waals surface area contributed by atoms with E-state index in [-0.39, 0.29) is 0 Å². The Bertz CT molecular complexity index is 1060. The highest BCUT2D eigenvalue weighted by atomic mass is 35.5. The largest absolute Gasteiger partial charge is 0.296 e. The van der Waals surface area contributed by atoms with Crippen molar-refractivity contribution in [3.63, 3.8) is 0 Å². The molecule has 1 aromatic heterocycles. The zero-order valence-electron chi connectivity index (χ0n) is 14.4. The molecule has 6 heteroatoms. The molecule has 0 amide bonds. The van der Waals surface area contributed by atoms with Crippen molar-refractivity contribution in [2.45, 2.75) is 18.4 Å². The maximum Gasteiger partial charge on any atom is 0.168 e. The van der Waals surface area contributed by atoms with Crippen LogP contribution in [0.3, 0.4) is 0 Å². The van der Waals surface area contributed by atoms with Crippen molar-refractivity contribution >= 4 is 35.4 Å². The molecule has 0 spiro atoms. The van der Waals surface area contributed by atoms with Gasteiger partial charge in [-0.25, -0.2) is 4.98 Å². The lowest BCUT2D eigenvalue weighted by molar-refractivity contribution is 0.111. The SMILES string of the molecule is CSc1ccc2c(c1)C(c1ccccc1Cl)=NCc1nc(C)c(C=O)n1-2. The topological polar surface area (TPSA) is 47.2 Å². The predicted octanol–water partition coefficient (Wildman–Crippen LogP) is 4.72. The molecule has 1 aliphatic heterocycles. The number of carbonyl (C=O) groups excluding carboxylic acids is 1. The number of rotatable bonds is 3. The molecule has 1 aliphatic rings. The van der Waals surface area contributed by atoms with Gasteiger partial charge in [-0.2, -0.15) is 0 Å². The van der Waals surface area contributed by atoms with Crippen molar-refractivity contribution in [1.29, 1.82) is 0 Å². The molecule has 0 saturated heterocycles. The molecule has 3 aromatic rings. The number of imidazole rings is 1. The quantitative estimate of drug-likeness (QED) is 0.487. The zero-order valence-corrected chi connectivity index (χ0v) is 15.9.